The molecule has 0 aromatic carbocycles. The van der Waals surface area contributed by atoms with Crippen LogP contribution in [0.4, 0.5) is 0 Å². The smallest absolute Gasteiger partial charge is 0.0827 e. The monoisotopic (exact) mass is 269 g/mol. The summed E-state index contributed by atoms with van der Waals surface area (Å²) >= 11 is 1.94. The van der Waals surface area contributed by atoms with Crippen molar-refractivity contribution >= 4 is 11.8 Å². The summed E-state index contributed by atoms with van der Waals surface area (Å²) in [6.07, 6.45) is 11.8. The van der Waals surface area contributed by atoms with Gasteiger partial charge in [-0.15, -0.1) is 5.10 Å². The van der Waals surface area contributed by atoms with E-state index in [0.29, 0.717) is 0 Å². The predicted octanol–water partition coefficient (Wildman–Crippen LogP) is 3.79. The summed E-state index contributed by atoms with van der Waals surface area (Å²) in [5.41, 5.74) is 1.14. The number of rotatable bonds is 10. The summed E-state index contributed by atoms with van der Waals surface area (Å²) in [6.45, 7) is 5.52. The van der Waals surface area contributed by atoms with E-state index in [9.17, 15) is 0 Å². The Labute approximate surface area is 116 Å². The van der Waals surface area contributed by atoms with Crippen LogP contribution in [0.2, 0.25) is 0 Å². The van der Waals surface area contributed by atoms with Gasteiger partial charge in [-0.2, -0.15) is 11.8 Å². The minimum atomic E-state index is 0.742. The third-order valence-corrected chi connectivity index (χ3v) is 3.75. The van der Waals surface area contributed by atoms with Gasteiger partial charge >= 0.3 is 0 Å². The van der Waals surface area contributed by atoms with Crippen molar-refractivity contribution in [2.45, 2.75) is 58.9 Å². The highest BCUT2D eigenvalue weighted by Crippen LogP contribution is 2.08. The van der Waals surface area contributed by atoms with Crippen LogP contribution in [0.3, 0.4) is 0 Å². The van der Waals surface area contributed by atoms with Crippen molar-refractivity contribution in [1.29, 1.82) is 0 Å². The molecule has 0 saturated carbocycles. The molecule has 0 aliphatic rings. The molecule has 0 fully saturated rings. The van der Waals surface area contributed by atoms with Gasteiger partial charge in [0.25, 0.3) is 0 Å². The Morgan fingerprint density at radius 2 is 2.00 bits per heavy atom. The maximum absolute atomic E-state index is 4.23. The molecule has 0 amide bonds. The van der Waals surface area contributed by atoms with Crippen molar-refractivity contribution in [2.75, 3.05) is 12.0 Å². The van der Waals surface area contributed by atoms with Crippen LogP contribution in [-0.4, -0.2) is 27.0 Å². The number of hydrogen-bond acceptors (Lipinski definition) is 3. The van der Waals surface area contributed by atoms with Crippen LogP contribution >= 0.6 is 11.8 Å². The van der Waals surface area contributed by atoms with E-state index >= 15 is 0 Å². The lowest BCUT2D eigenvalue weighted by molar-refractivity contribution is 0.528. The largest absolute Gasteiger partial charge is 0.252 e. The second kappa shape index (κ2) is 9.42. The fourth-order valence-corrected chi connectivity index (χ4v) is 2.37. The minimum absolute atomic E-state index is 0.742. The Morgan fingerprint density at radius 3 is 2.72 bits per heavy atom. The highest BCUT2D eigenvalue weighted by atomic mass is 32.2. The molecule has 0 aliphatic carbocycles. The number of aromatic nitrogens is 3. The Balaban J connectivity index is 2.11. The molecule has 104 valence electrons. The van der Waals surface area contributed by atoms with Gasteiger partial charge in [-0.1, -0.05) is 31.9 Å². The number of unbranched alkanes of at least 4 members (excludes halogenated alkanes) is 3. The van der Waals surface area contributed by atoms with Gasteiger partial charge in [0.2, 0.25) is 0 Å². The summed E-state index contributed by atoms with van der Waals surface area (Å²) in [6, 6.07) is 0. The molecule has 1 aromatic rings. The summed E-state index contributed by atoms with van der Waals surface area (Å²) in [5, 5.41) is 8.42. The Kier molecular flexibility index (Phi) is 8.14. The van der Waals surface area contributed by atoms with Gasteiger partial charge in [-0.05, 0) is 43.6 Å². The molecule has 0 N–H and O–H groups in total. The van der Waals surface area contributed by atoms with Crippen molar-refractivity contribution in [3.8, 4) is 0 Å². The molecular weight excluding hydrogens is 242 g/mol. The van der Waals surface area contributed by atoms with Crippen molar-refractivity contribution in [2.24, 2.45) is 5.92 Å². The fourth-order valence-electron chi connectivity index (χ4n) is 1.87. The lowest BCUT2D eigenvalue weighted by atomic mass is 10.1. The number of hydrogen-bond donors (Lipinski definition) is 0. The molecule has 0 unspecified atom stereocenters. The maximum Gasteiger partial charge on any atom is 0.0827 e. The lowest BCUT2D eigenvalue weighted by Crippen LogP contribution is -1.98. The highest BCUT2D eigenvalue weighted by Gasteiger charge is 2.02. The van der Waals surface area contributed by atoms with Crippen molar-refractivity contribution in [3.63, 3.8) is 0 Å². The molecular formula is C14H27N3S. The summed E-state index contributed by atoms with van der Waals surface area (Å²) in [4.78, 5) is 0. The quantitative estimate of drug-likeness (QED) is 0.605. The predicted molar refractivity (Wildman–Crippen MR) is 80.0 cm³/mol. The molecule has 0 saturated heterocycles. The highest BCUT2D eigenvalue weighted by molar-refractivity contribution is 7.98. The van der Waals surface area contributed by atoms with E-state index in [0.717, 1.165) is 24.6 Å². The Hall–Kier alpha value is -0.510. The van der Waals surface area contributed by atoms with Crippen LogP contribution in [0.1, 0.15) is 51.6 Å². The summed E-state index contributed by atoms with van der Waals surface area (Å²) in [7, 11) is 0. The third kappa shape index (κ3) is 7.04. The van der Waals surface area contributed by atoms with Gasteiger partial charge in [0, 0.05) is 12.7 Å². The van der Waals surface area contributed by atoms with Crippen molar-refractivity contribution in [3.05, 3.63) is 11.9 Å². The topological polar surface area (TPSA) is 30.7 Å². The third-order valence-electron chi connectivity index (χ3n) is 3.05. The van der Waals surface area contributed by atoms with E-state index in [1.54, 1.807) is 0 Å². The van der Waals surface area contributed by atoms with E-state index in [2.05, 4.69) is 36.6 Å². The van der Waals surface area contributed by atoms with E-state index in [4.69, 9.17) is 0 Å². The lowest BCUT2D eigenvalue weighted by Gasteiger charge is -2.01. The molecule has 1 aromatic heterocycles. The average Bonchev–Trinajstić information content (AvgIpc) is 2.79. The summed E-state index contributed by atoms with van der Waals surface area (Å²) in [5.74, 6) is 2.04. The summed E-state index contributed by atoms with van der Waals surface area (Å²) < 4.78 is 2.00. The van der Waals surface area contributed by atoms with Crippen LogP contribution in [0.5, 0.6) is 0 Å². The van der Waals surface area contributed by atoms with Crippen LogP contribution in [-0.2, 0) is 13.0 Å². The van der Waals surface area contributed by atoms with E-state index in [1.807, 2.05) is 16.4 Å². The molecule has 0 radical (unpaired) electrons. The Morgan fingerprint density at radius 1 is 1.22 bits per heavy atom. The van der Waals surface area contributed by atoms with Gasteiger partial charge in [0.15, 0.2) is 0 Å². The minimum Gasteiger partial charge on any atom is -0.252 e. The van der Waals surface area contributed by atoms with E-state index < -0.39 is 0 Å². The normalized spacial score (nSPS) is 11.3. The Bertz CT molecular complexity index is 310. The average molecular weight is 269 g/mol. The first-order chi connectivity index (χ1) is 8.72. The first-order valence-corrected chi connectivity index (χ1v) is 8.49. The van der Waals surface area contributed by atoms with Gasteiger partial charge in [-0.3, -0.25) is 4.68 Å². The second-order valence-electron chi connectivity index (χ2n) is 5.31. The molecule has 1 rings (SSSR count). The maximum atomic E-state index is 4.23. The van der Waals surface area contributed by atoms with Crippen LogP contribution in [0.15, 0.2) is 6.20 Å². The zero-order valence-corrected chi connectivity index (χ0v) is 12.9. The molecule has 18 heavy (non-hydrogen) atoms. The number of nitrogens with zero attached hydrogens (tertiary/aromatic N) is 3. The first-order valence-electron chi connectivity index (χ1n) is 7.10. The van der Waals surface area contributed by atoms with Gasteiger partial charge in [0.1, 0.15) is 0 Å². The standard InChI is InChI=1S/C14H27N3S/c1-13(2)8-9-14-12-17(16-15-14)10-6-4-5-7-11-18-3/h12-13H,4-11H2,1-3H3. The van der Waals surface area contributed by atoms with Gasteiger partial charge in [0.05, 0.1) is 5.69 Å². The molecule has 0 atom stereocenters. The molecule has 1 heterocycles. The molecule has 3 nitrogen and oxygen atoms in total. The first kappa shape index (κ1) is 15.5. The second-order valence-corrected chi connectivity index (χ2v) is 6.30. The van der Waals surface area contributed by atoms with Gasteiger partial charge < -0.3 is 0 Å². The van der Waals surface area contributed by atoms with E-state index in [-0.39, 0.29) is 0 Å². The molecule has 0 bridgehead atoms. The van der Waals surface area contributed by atoms with Crippen LogP contribution < -0.4 is 0 Å². The SMILES string of the molecule is CSCCCCCCn1cc(CCC(C)C)nn1. The zero-order valence-electron chi connectivity index (χ0n) is 12.1. The van der Waals surface area contributed by atoms with Crippen molar-refractivity contribution < 1.29 is 0 Å². The number of aryl methyl sites for hydroxylation is 2. The molecule has 0 spiro atoms. The van der Waals surface area contributed by atoms with Crippen molar-refractivity contribution in [1.82, 2.24) is 15.0 Å². The molecule has 4 heteroatoms. The zero-order chi connectivity index (χ0) is 13.2. The van der Waals surface area contributed by atoms with E-state index in [1.165, 1.54) is 37.9 Å². The number of thioether (sulfide) groups is 1. The molecule has 0 aliphatic heterocycles. The van der Waals surface area contributed by atoms with Gasteiger partial charge in [-0.25, -0.2) is 0 Å². The van der Waals surface area contributed by atoms with Crippen LogP contribution in [0.25, 0.3) is 0 Å². The van der Waals surface area contributed by atoms with Crippen LogP contribution in [0, 0.1) is 5.92 Å². The fraction of sp³-hybridized carbons (Fsp3) is 0.857.